The lowest BCUT2D eigenvalue weighted by Gasteiger charge is -2.27. The van der Waals surface area contributed by atoms with Gasteiger partial charge >= 0.3 is 41.2 Å². The molecule has 0 N–H and O–H groups in total. The van der Waals surface area contributed by atoms with E-state index in [0.717, 1.165) is 9.34 Å². The zero-order chi connectivity index (χ0) is 23.3. The Labute approximate surface area is 191 Å². The highest BCUT2D eigenvalue weighted by atomic mass is 32.3. The highest BCUT2D eigenvalue weighted by Crippen LogP contribution is 2.76. The van der Waals surface area contributed by atoms with E-state index in [9.17, 15) is 26.7 Å². The van der Waals surface area contributed by atoms with Crippen molar-refractivity contribution in [3.05, 3.63) is 0 Å². The Morgan fingerprint density at radius 3 is 0.909 bits per heavy atom. The number of hydrogen-bond acceptors (Lipinski definition) is 10. The average molecular weight is 568 g/mol. The van der Waals surface area contributed by atoms with E-state index in [1.165, 1.54) is 18.7 Å². The average Bonchev–Trinajstić information content (AvgIpc) is 3.58. The van der Waals surface area contributed by atoms with Gasteiger partial charge < -0.3 is 0 Å². The van der Waals surface area contributed by atoms with Gasteiger partial charge in [0, 0.05) is 78.5 Å². The summed E-state index contributed by atoms with van der Waals surface area (Å²) in [7, 11) is -21.9. The molecule has 0 amide bonds. The summed E-state index contributed by atoms with van der Waals surface area (Å²) in [5, 5.41) is 0. The first-order valence-electron chi connectivity index (χ1n) is 10.5. The molecule has 0 saturated carbocycles. The zero-order valence-electron chi connectivity index (χ0n) is 17.4. The molecule has 21 heteroatoms. The fourth-order valence-electron chi connectivity index (χ4n) is 3.07. The standard InChI is InChI=1S/C12H24N6O10P4S/c19-29(13-1-2-13,14-3-4-14)25-31(21,17-9-10-17)27-33(23,24)28-32(22,18-11-12-18)26-30(20,15-5-6-15)16-7-8-16/h1-12H2. The summed E-state index contributed by atoms with van der Waals surface area (Å²) in [4.78, 5) is 0. The fraction of sp³-hybridized carbons (Fsp3) is 1.00. The number of rotatable bonds is 14. The van der Waals surface area contributed by atoms with Crippen molar-refractivity contribution in [2.75, 3.05) is 78.5 Å². The van der Waals surface area contributed by atoms with Crippen molar-refractivity contribution in [2.24, 2.45) is 0 Å². The summed E-state index contributed by atoms with van der Waals surface area (Å²) in [5.74, 6) is 0. The summed E-state index contributed by atoms with van der Waals surface area (Å²) in [6.45, 7) is 4.45. The van der Waals surface area contributed by atoms with Gasteiger partial charge in [-0.2, -0.15) is 16.4 Å². The van der Waals surface area contributed by atoms with Crippen molar-refractivity contribution in [3.8, 4) is 0 Å². The van der Waals surface area contributed by atoms with E-state index in [-0.39, 0.29) is 26.2 Å². The van der Waals surface area contributed by atoms with Gasteiger partial charge in [-0.05, 0) is 0 Å². The minimum Gasteiger partial charge on any atom is -0.255 e. The second-order valence-electron chi connectivity index (χ2n) is 8.36. The molecule has 6 saturated heterocycles. The quantitative estimate of drug-likeness (QED) is 0.212. The van der Waals surface area contributed by atoms with Gasteiger partial charge in [0.25, 0.3) is 0 Å². The minimum atomic E-state index is -5.25. The van der Waals surface area contributed by atoms with Crippen LogP contribution in [-0.2, 0) is 45.2 Å². The summed E-state index contributed by atoms with van der Waals surface area (Å²) in [5.41, 5.74) is 0. The fourth-order valence-corrected chi connectivity index (χ4v) is 15.6. The molecule has 0 aromatic rings. The van der Waals surface area contributed by atoms with Crippen LogP contribution in [0.15, 0.2) is 0 Å². The monoisotopic (exact) mass is 568 g/mol. The third-order valence-electron chi connectivity index (χ3n) is 5.45. The van der Waals surface area contributed by atoms with Gasteiger partial charge in [-0.15, -0.1) is 0 Å². The third kappa shape index (κ3) is 4.90. The van der Waals surface area contributed by atoms with E-state index in [0.29, 0.717) is 52.4 Å². The molecule has 6 heterocycles. The van der Waals surface area contributed by atoms with E-state index in [1.807, 2.05) is 0 Å². The Kier molecular flexibility index (Phi) is 5.59. The summed E-state index contributed by atoms with van der Waals surface area (Å²) in [6, 6.07) is 0. The van der Waals surface area contributed by atoms with Crippen LogP contribution in [0.3, 0.4) is 0 Å². The molecule has 2 unspecified atom stereocenters. The summed E-state index contributed by atoms with van der Waals surface area (Å²) in [6.07, 6.45) is 0. The predicted molar refractivity (Wildman–Crippen MR) is 113 cm³/mol. The van der Waals surface area contributed by atoms with Gasteiger partial charge in [-0.3, -0.25) is 9.13 Å². The summed E-state index contributed by atoms with van der Waals surface area (Å²) < 4.78 is 108. The third-order valence-corrected chi connectivity index (χ3v) is 18.4. The highest BCUT2D eigenvalue weighted by Gasteiger charge is 2.61. The Morgan fingerprint density at radius 2 is 0.697 bits per heavy atom. The van der Waals surface area contributed by atoms with E-state index in [4.69, 9.17) is 16.6 Å². The highest BCUT2D eigenvalue weighted by molar-refractivity contribution is 7.91. The van der Waals surface area contributed by atoms with E-state index in [2.05, 4.69) is 0 Å². The van der Waals surface area contributed by atoms with E-state index >= 15 is 0 Å². The van der Waals surface area contributed by atoms with Gasteiger partial charge in [0.2, 0.25) is 0 Å². The molecule has 6 fully saturated rings. The smallest absolute Gasteiger partial charge is 0.255 e. The molecule has 0 radical (unpaired) electrons. The summed E-state index contributed by atoms with van der Waals surface area (Å²) >= 11 is 0. The molecular formula is C12H24N6O10P4S. The van der Waals surface area contributed by atoms with Gasteiger partial charge in [0.15, 0.2) is 0 Å². The topological polar surface area (TPSA) is 157 Å². The molecule has 33 heavy (non-hydrogen) atoms. The molecule has 2 atom stereocenters. The van der Waals surface area contributed by atoms with Crippen molar-refractivity contribution in [1.29, 1.82) is 0 Å². The second-order valence-corrected chi connectivity index (χ2v) is 18.9. The molecule has 6 aliphatic heterocycles. The van der Waals surface area contributed by atoms with Gasteiger partial charge in [-0.1, -0.05) is 0 Å². The van der Waals surface area contributed by atoms with Crippen LogP contribution < -0.4 is 0 Å². The first-order valence-corrected chi connectivity index (χ1v) is 17.9. The van der Waals surface area contributed by atoms with Crippen molar-refractivity contribution in [3.63, 3.8) is 0 Å². The van der Waals surface area contributed by atoms with Crippen LogP contribution in [0.2, 0.25) is 0 Å². The van der Waals surface area contributed by atoms with Crippen LogP contribution in [0, 0.1) is 0 Å². The van der Waals surface area contributed by atoms with Crippen LogP contribution in [0.1, 0.15) is 0 Å². The lowest BCUT2D eigenvalue weighted by Crippen LogP contribution is -2.18. The molecule has 0 aromatic heterocycles. The van der Waals surface area contributed by atoms with Crippen molar-refractivity contribution < 1.29 is 43.2 Å². The molecule has 6 rings (SSSR count). The zero-order valence-corrected chi connectivity index (χ0v) is 21.8. The Balaban J connectivity index is 1.22. The Morgan fingerprint density at radius 1 is 0.455 bits per heavy atom. The molecule has 0 aliphatic carbocycles. The normalized spacial score (nSPS) is 30.5. The minimum absolute atomic E-state index is 0.201. The van der Waals surface area contributed by atoms with Crippen molar-refractivity contribution >= 4 is 41.2 Å². The van der Waals surface area contributed by atoms with Gasteiger partial charge in [0.05, 0.1) is 0 Å². The first kappa shape index (κ1) is 23.8. The van der Waals surface area contributed by atoms with Gasteiger partial charge in [0.1, 0.15) is 0 Å². The Hall–Kier alpha value is 0.470. The number of hydrogen-bond donors (Lipinski definition) is 0. The SMILES string of the molecule is O=P(OP(=O)(N1CC1)N1CC1)(OS(=O)(=O)OP(=O)(OP(=O)(N1CC1)N1CC1)N1CC1)N1CC1. The molecule has 6 aliphatic rings. The van der Waals surface area contributed by atoms with Crippen LogP contribution in [0.5, 0.6) is 0 Å². The largest absolute Gasteiger partial charge is 0.432 e. The van der Waals surface area contributed by atoms with Crippen LogP contribution in [0.25, 0.3) is 0 Å². The number of nitrogens with zero attached hydrogens (tertiary/aromatic N) is 6. The lowest BCUT2D eigenvalue weighted by molar-refractivity contribution is 0.286. The second kappa shape index (κ2) is 7.74. The van der Waals surface area contributed by atoms with E-state index in [1.54, 1.807) is 0 Å². The maximum Gasteiger partial charge on any atom is 0.432 e. The Bertz CT molecular complexity index is 1030. The maximum absolute atomic E-state index is 13.4. The molecule has 188 valence electrons. The maximum atomic E-state index is 13.4. The molecule has 16 nitrogen and oxygen atoms in total. The molecule has 0 bridgehead atoms. The van der Waals surface area contributed by atoms with Crippen molar-refractivity contribution in [1.82, 2.24) is 28.0 Å². The first-order chi connectivity index (χ1) is 15.5. The molecule has 0 aromatic carbocycles. The van der Waals surface area contributed by atoms with Crippen LogP contribution >= 0.6 is 30.8 Å². The lowest BCUT2D eigenvalue weighted by atomic mass is 11.0. The van der Waals surface area contributed by atoms with Crippen molar-refractivity contribution in [2.45, 2.75) is 0 Å². The van der Waals surface area contributed by atoms with Crippen LogP contribution in [-0.4, -0.2) is 115 Å². The molecular weight excluding hydrogens is 544 g/mol. The predicted octanol–water partition coefficient (Wildman–Crippen LogP) is 0.624. The van der Waals surface area contributed by atoms with Gasteiger partial charge in [-0.25, -0.2) is 45.8 Å². The van der Waals surface area contributed by atoms with E-state index < -0.39 is 41.2 Å². The molecule has 0 spiro atoms. The van der Waals surface area contributed by atoms with Crippen LogP contribution in [0.4, 0.5) is 0 Å².